The van der Waals surface area contributed by atoms with Crippen LogP contribution < -0.4 is 4.74 Å². The molecule has 146 valence electrons. The molecule has 1 amide bonds. The molecule has 3 heterocycles. The average Bonchev–Trinajstić information content (AvgIpc) is 3.06. The van der Waals surface area contributed by atoms with E-state index in [4.69, 9.17) is 4.74 Å². The molecule has 6 nitrogen and oxygen atoms in total. The molecular formula is C20H28N4O2S. The van der Waals surface area contributed by atoms with Crippen LogP contribution in [0.25, 0.3) is 10.2 Å². The summed E-state index contributed by atoms with van der Waals surface area (Å²) in [5.74, 6) is 0.827. The second-order valence-corrected chi connectivity index (χ2v) is 8.76. The van der Waals surface area contributed by atoms with Crippen molar-refractivity contribution in [1.29, 1.82) is 0 Å². The molecule has 1 aliphatic carbocycles. The Hall–Kier alpha value is -1.73. The van der Waals surface area contributed by atoms with E-state index < -0.39 is 0 Å². The second-order valence-electron chi connectivity index (χ2n) is 7.67. The molecule has 4 rings (SSSR count). The summed E-state index contributed by atoms with van der Waals surface area (Å²) in [6, 6.07) is 0.665. The van der Waals surface area contributed by atoms with Crippen LogP contribution in [-0.2, 0) is 17.8 Å². The Labute approximate surface area is 164 Å². The topological polar surface area (TPSA) is 58.6 Å². The minimum atomic E-state index is 0.123. The van der Waals surface area contributed by atoms with E-state index in [2.05, 4.69) is 28.8 Å². The van der Waals surface area contributed by atoms with Gasteiger partial charge in [0.15, 0.2) is 0 Å². The van der Waals surface area contributed by atoms with E-state index in [1.165, 1.54) is 23.3 Å². The smallest absolute Gasteiger partial charge is 0.225 e. The van der Waals surface area contributed by atoms with Gasteiger partial charge in [0.1, 0.15) is 17.3 Å². The first-order valence-corrected chi connectivity index (χ1v) is 10.8. The molecule has 2 aromatic heterocycles. The van der Waals surface area contributed by atoms with Crippen LogP contribution in [0, 0.1) is 0 Å². The summed E-state index contributed by atoms with van der Waals surface area (Å²) in [6.45, 7) is 6.37. The number of carbonyl (C=O) groups excluding carboxylic acids is 1. The molecule has 0 unspecified atom stereocenters. The van der Waals surface area contributed by atoms with E-state index in [9.17, 15) is 4.79 Å². The number of hydrogen-bond acceptors (Lipinski definition) is 6. The molecule has 0 saturated heterocycles. The molecule has 0 bridgehead atoms. The lowest BCUT2D eigenvalue weighted by Gasteiger charge is -2.34. The first-order chi connectivity index (χ1) is 13.1. The molecule has 0 spiro atoms. The maximum Gasteiger partial charge on any atom is 0.225 e. The molecule has 7 heteroatoms. The minimum Gasteiger partial charge on any atom is -0.474 e. The summed E-state index contributed by atoms with van der Waals surface area (Å²) in [5.41, 5.74) is 1.19. The maximum absolute atomic E-state index is 11.8. The van der Waals surface area contributed by atoms with Crippen molar-refractivity contribution in [3.63, 3.8) is 0 Å². The number of fused-ring (bicyclic) bond motifs is 3. The van der Waals surface area contributed by atoms with E-state index in [0.29, 0.717) is 18.5 Å². The van der Waals surface area contributed by atoms with Crippen LogP contribution in [-0.4, -0.2) is 58.0 Å². The van der Waals surface area contributed by atoms with Crippen molar-refractivity contribution in [2.24, 2.45) is 0 Å². The van der Waals surface area contributed by atoms with Crippen LogP contribution in [0.15, 0.2) is 6.33 Å². The Morgan fingerprint density at radius 3 is 2.81 bits per heavy atom. The van der Waals surface area contributed by atoms with E-state index in [1.807, 2.05) is 4.90 Å². The zero-order valence-corrected chi connectivity index (χ0v) is 17.2. The monoisotopic (exact) mass is 388 g/mol. The fourth-order valence-corrected chi connectivity index (χ4v) is 5.39. The summed E-state index contributed by atoms with van der Waals surface area (Å²) >= 11 is 1.72. The highest BCUT2D eigenvalue weighted by Crippen LogP contribution is 2.39. The number of aromatic nitrogens is 2. The van der Waals surface area contributed by atoms with Crippen molar-refractivity contribution in [3.05, 3.63) is 16.8 Å². The van der Waals surface area contributed by atoms with E-state index in [-0.39, 0.29) is 12.0 Å². The average molecular weight is 389 g/mol. The fourth-order valence-electron chi connectivity index (χ4n) is 4.26. The van der Waals surface area contributed by atoms with Gasteiger partial charge in [-0.15, -0.1) is 11.3 Å². The third-order valence-corrected chi connectivity index (χ3v) is 7.28. The first-order valence-electron chi connectivity index (χ1n) is 9.94. The quantitative estimate of drug-likeness (QED) is 0.805. The van der Waals surface area contributed by atoms with Gasteiger partial charge in [0.25, 0.3) is 0 Å². The number of thiophene rings is 1. The molecule has 2 aliphatic rings. The predicted octanol–water partition coefficient (Wildman–Crippen LogP) is 3.24. The Balaban J connectivity index is 1.55. The standard InChI is InChI=1S/C20H28N4O2S/c1-4-23(3)14-5-7-15(8-6-14)26-19-18-16-11-24(13(2)25)10-9-17(16)27-20(18)22-12-21-19/h12,14-15H,4-11H2,1-3H3. The SMILES string of the molecule is CCN(C)C1CCC(Oc2ncnc3sc4c(c23)CN(C(C)=O)CC4)CC1. The third-order valence-electron chi connectivity index (χ3n) is 6.08. The van der Waals surface area contributed by atoms with Gasteiger partial charge < -0.3 is 14.5 Å². The van der Waals surface area contributed by atoms with Crippen LogP contribution in [0.5, 0.6) is 5.88 Å². The molecule has 1 fully saturated rings. The molecule has 1 aliphatic heterocycles. The third kappa shape index (κ3) is 3.67. The summed E-state index contributed by atoms with van der Waals surface area (Å²) in [7, 11) is 2.21. The molecule has 0 aromatic carbocycles. The van der Waals surface area contributed by atoms with Crippen molar-refractivity contribution in [2.75, 3.05) is 20.1 Å². The van der Waals surface area contributed by atoms with Gasteiger partial charge in [-0.1, -0.05) is 6.92 Å². The van der Waals surface area contributed by atoms with Gasteiger partial charge in [0, 0.05) is 36.5 Å². The predicted molar refractivity (Wildman–Crippen MR) is 107 cm³/mol. The maximum atomic E-state index is 11.8. The van der Waals surface area contributed by atoms with Crippen LogP contribution >= 0.6 is 11.3 Å². The first kappa shape index (κ1) is 18.6. The number of rotatable bonds is 4. The van der Waals surface area contributed by atoms with Gasteiger partial charge in [-0.25, -0.2) is 9.97 Å². The number of nitrogens with zero attached hydrogens (tertiary/aromatic N) is 4. The number of carbonyl (C=O) groups is 1. The van der Waals surface area contributed by atoms with E-state index >= 15 is 0 Å². The number of amides is 1. The normalized spacial score (nSPS) is 22.9. The molecule has 27 heavy (non-hydrogen) atoms. The molecule has 0 radical (unpaired) electrons. The highest BCUT2D eigenvalue weighted by atomic mass is 32.1. The lowest BCUT2D eigenvalue weighted by molar-refractivity contribution is -0.129. The molecular weight excluding hydrogens is 360 g/mol. The second kappa shape index (κ2) is 7.72. The van der Waals surface area contributed by atoms with Gasteiger partial charge >= 0.3 is 0 Å². The largest absolute Gasteiger partial charge is 0.474 e. The number of hydrogen-bond donors (Lipinski definition) is 0. The van der Waals surface area contributed by atoms with Gasteiger partial charge in [-0.05, 0) is 45.7 Å². The Kier molecular flexibility index (Phi) is 5.32. The van der Waals surface area contributed by atoms with E-state index in [0.717, 1.165) is 42.6 Å². The van der Waals surface area contributed by atoms with Gasteiger partial charge in [0.05, 0.1) is 5.39 Å². The van der Waals surface area contributed by atoms with Gasteiger partial charge in [-0.3, -0.25) is 4.79 Å². The molecule has 0 atom stereocenters. The fraction of sp³-hybridized carbons (Fsp3) is 0.650. The van der Waals surface area contributed by atoms with Crippen LogP contribution in [0.4, 0.5) is 0 Å². The zero-order valence-electron chi connectivity index (χ0n) is 16.4. The molecule has 2 aromatic rings. The lowest BCUT2D eigenvalue weighted by atomic mass is 9.92. The Morgan fingerprint density at radius 1 is 1.33 bits per heavy atom. The Bertz CT molecular complexity index is 829. The molecule has 0 N–H and O–H groups in total. The summed E-state index contributed by atoms with van der Waals surface area (Å²) in [4.78, 5) is 27.4. The van der Waals surface area contributed by atoms with Gasteiger partial charge in [0.2, 0.25) is 11.8 Å². The highest BCUT2D eigenvalue weighted by molar-refractivity contribution is 7.18. The zero-order chi connectivity index (χ0) is 19.0. The van der Waals surface area contributed by atoms with Crippen LogP contribution in [0.1, 0.15) is 50.0 Å². The Morgan fingerprint density at radius 2 is 2.11 bits per heavy atom. The van der Waals surface area contributed by atoms with Crippen LogP contribution in [0.2, 0.25) is 0 Å². The lowest BCUT2D eigenvalue weighted by Crippen LogP contribution is -2.37. The van der Waals surface area contributed by atoms with Crippen molar-refractivity contribution < 1.29 is 9.53 Å². The van der Waals surface area contributed by atoms with Crippen molar-refractivity contribution in [1.82, 2.24) is 19.8 Å². The van der Waals surface area contributed by atoms with Crippen LogP contribution in [0.3, 0.4) is 0 Å². The van der Waals surface area contributed by atoms with Crippen molar-refractivity contribution in [2.45, 2.75) is 64.6 Å². The van der Waals surface area contributed by atoms with E-state index in [1.54, 1.807) is 24.6 Å². The summed E-state index contributed by atoms with van der Waals surface area (Å²) < 4.78 is 6.38. The van der Waals surface area contributed by atoms with Crippen molar-refractivity contribution >= 4 is 27.5 Å². The highest BCUT2D eigenvalue weighted by Gasteiger charge is 2.28. The van der Waals surface area contributed by atoms with Gasteiger partial charge in [-0.2, -0.15) is 0 Å². The minimum absolute atomic E-state index is 0.123. The summed E-state index contributed by atoms with van der Waals surface area (Å²) in [6.07, 6.45) is 7.18. The number of ether oxygens (including phenoxy) is 1. The van der Waals surface area contributed by atoms with Crippen molar-refractivity contribution in [3.8, 4) is 5.88 Å². The molecule has 1 saturated carbocycles. The summed E-state index contributed by atoms with van der Waals surface area (Å²) in [5, 5.41) is 1.02.